The topological polar surface area (TPSA) is 352 Å². The number of hydrogen-bond acceptors (Lipinski definition) is 10. The van der Waals surface area contributed by atoms with E-state index in [-0.39, 0.29) is 83.2 Å². The number of primary amides is 2. The van der Waals surface area contributed by atoms with Crippen LogP contribution < -0.4 is 55.1 Å². The Morgan fingerprint density at radius 3 is 1.95 bits per heavy atom. The molecule has 21 heteroatoms. The smallest absolute Gasteiger partial charge is 0.261 e. The number of guanidine groups is 2. The van der Waals surface area contributed by atoms with Gasteiger partial charge in [-0.3, -0.25) is 43.5 Å². The van der Waals surface area contributed by atoms with Gasteiger partial charge in [0.15, 0.2) is 18.5 Å². The van der Waals surface area contributed by atoms with Gasteiger partial charge in [0.05, 0.1) is 6.42 Å². The highest BCUT2D eigenvalue weighted by molar-refractivity contribution is 5.97. The van der Waals surface area contributed by atoms with Crippen LogP contribution in [0.3, 0.4) is 0 Å². The molecule has 342 valence electrons. The average molecular weight is 884 g/mol. The zero-order valence-corrected chi connectivity index (χ0v) is 35.4. The average Bonchev–Trinajstić information content (AvgIpc) is 3.76. The van der Waals surface area contributed by atoms with Crippen molar-refractivity contribution in [1.82, 2.24) is 25.8 Å². The van der Waals surface area contributed by atoms with E-state index in [1.165, 1.54) is 9.80 Å². The van der Waals surface area contributed by atoms with Crippen molar-refractivity contribution in [3.8, 4) is 5.75 Å². The summed E-state index contributed by atoms with van der Waals surface area (Å²) in [4.78, 5) is 105. The van der Waals surface area contributed by atoms with Crippen molar-refractivity contribution >= 4 is 64.0 Å². The lowest BCUT2D eigenvalue weighted by Gasteiger charge is -2.37. The van der Waals surface area contributed by atoms with Crippen molar-refractivity contribution in [2.45, 2.75) is 88.1 Å². The molecule has 0 bridgehead atoms. The zero-order chi connectivity index (χ0) is 46.3. The highest BCUT2D eigenvalue weighted by Gasteiger charge is 2.41. The van der Waals surface area contributed by atoms with E-state index in [1.807, 2.05) is 60.7 Å². The van der Waals surface area contributed by atoms with Crippen LogP contribution in [0.2, 0.25) is 0 Å². The lowest BCUT2D eigenvalue weighted by Crippen LogP contribution is -2.60. The first-order chi connectivity index (χ1) is 30.6. The second-order valence-corrected chi connectivity index (χ2v) is 15.7. The van der Waals surface area contributed by atoms with E-state index >= 15 is 0 Å². The molecule has 21 nitrogen and oxygen atoms in total. The van der Waals surface area contributed by atoms with Crippen molar-refractivity contribution in [3.63, 3.8) is 0 Å². The van der Waals surface area contributed by atoms with Crippen LogP contribution in [0, 0.1) is 0 Å². The Hall–Kier alpha value is -7.45. The summed E-state index contributed by atoms with van der Waals surface area (Å²) in [6.45, 7) is 0.157. The first-order valence-corrected chi connectivity index (χ1v) is 21.0. The molecule has 2 aliphatic rings. The van der Waals surface area contributed by atoms with Gasteiger partial charge in [-0.05, 0) is 72.6 Å². The standard InChI is InChI=1S/C43H57N13O8/c44-35(57)22-32(37(45)59)54-38(60)30(12-5-17-50-42(46)47)52-39(61)33-14-7-19-55(33)41(63)31(13-6-18-51-43(48)49)53-40(62)34-21-27-10-3-4-11-28(27)23-56(34)36(58)24-64-29-16-15-25-8-1-2-9-26(25)20-29/h1-4,8-11,15-16,20,30-34H,5-7,12-14,17-19,21-24H2,(H2,44,57)(H2,45,59)(H,52,61)(H,53,62)(H,54,60)(H4,46,47,50)(H4,48,49,51)/t30-,31-,32-,33-,34-/m0/s1. The molecule has 0 radical (unpaired) electrons. The Balaban J connectivity index is 1.34. The van der Waals surface area contributed by atoms with Gasteiger partial charge >= 0.3 is 0 Å². The number of carbonyl (C=O) groups is 7. The number of amides is 7. The Morgan fingerprint density at radius 2 is 1.30 bits per heavy atom. The molecule has 5 rings (SSSR count). The maximum atomic E-state index is 14.5. The van der Waals surface area contributed by atoms with Gasteiger partial charge in [-0.15, -0.1) is 0 Å². The first-order valence-electron chi connectivity index (χ1n) is 21.0. The minimum atomic E-state index is -1.45. The molecule has 0 spiro atoms. The van der Waals surface area contributed by atoms with Crippen LogP contribution in [0.25, 0.3) is 10.8 Å². The lowest BCUT2D eigenvalue weighted by atomic mass is 9.93. The van der Waals surface area contributed by atoms with Crippen molar-refractivity contribution < 1.29 is 38.3 Å². The van der Waals surface area contributed by atoms with Crippen molar-refractivity contribution in [1.29, 1.82) is 0 Å². The fourth-order valence-corrected chi connectivity index (χ4v) is 7.77. The highest BCUT2D eigenvalue weighted by atomic mass is 16.5. The van der Waals surface area contributed by atoms with E-state index in [9.17, 15) is 33.6 Å². The number of nitrogens with two attached hydrogens (primary N) is 6. The summed E-state index contributed by atoms with van der Waals surface area (Å²) >= 11 is 0. The number of fused-ring (bicyclic) bond motifs is 2. The van der Waals surface area contributed by atoms with Crippen LogP contribution in [0.5, 0.6) is 5.75 Å². The molecule has 64 heavy (non-hydrogen) atoms. The lowest BCUT2D eigenvalue weighted by molar-refractivity contribution is -0.146. The number of rotatable bonds is 21. The molecule has 1 saturated heterocycles. The SMILES string of the molecule is NC(=O)C[C@H](NC(=O)[C@H](CCCN=C(N)N)NC(=O)[C@@H]1CCCN1C(=O)[C@H](CCCN=C(N)N)NC(=O)[C@@H]1Cc2ccccc2CN1C(=O)COc1ccc2ccccc2c1)C(N)=O. The molecule has 2 heterocycles. The van der Waals surface area contributed by atoms with Gasteiger partial charge < -0.3 is 64.9 Å². The molecular weight excluding hydrogens is 827 g/mol. The van der Waals surface area contributed by atoms with Crippen LogP contribution in [0.4, 0.5) is 0 Å². The molecule has 7 amide bonds. The number of carbonyl (C=O) groups excluding carboxylic acids is 7. The molecule has 0 aliphatic carbocycles. The third kappa shape index (κ3) is 13.3. The number of benzene rings is 3. The maximum Gasteiger partial charge on any atom is 0.261 e. The quantitative estimate of drug-likeness (QED) is 0.0322. The number of likely N-dealkylation sites (tertiary alicyclic amines) is 1. The molecule has 15 N–H and O–H groups in total. The molecule has 5 atom stereocenters. The highest BCUT2D eigenvalue weighted by Crippen LogP contribution is 2.26. The summed E-state index contributed by atoms with van der Waals surface area (Å²) in [6, 6.07) is 14.7. The summed E-state index contributed by atoms with van der Waals surface area (Å²) in [7, 11) is 0. The van der Waals surface area contributed by atoms with Gasteiger partial charge in [0.2, 0.25) is 35.4 Å². The van der Waals surface area contributed by atoms with Crippen LogP contribution in [0.1, 0.15) is 56.1 Å². The number of nitrogens with one attached hydrogen (secondary N) is 3. The molecule has 3 aromatic rings. The van der Waals surface area contributed by atoms with E-state index in [2.05, 4.69) is 25.9 Å². The molecule has 3 aromatic carbocycles. The first kappa shape index (κ1) is 47.6. The predicted molar refractivity (Wildman–Crippen MR) is 237 cm³/mol. The van der Waals surface area contributed by atoms with E-state index in [1.54, 1.807) is 6.07 Å². The third-order valence-electron chi connectivity index (χ3n) is 11.0. The van der Waals surface area contributed by atoms with E-state index in [4.69, 9.17) is 39.1 Å². The van der Waals surface area contributed by atoms with Gasteiger partial charge in [0.1, 0.15) is 36.0 Å². The Kier molecular flexibility index (Phi) is 16.8. The van der Waals surface area contributed by atoms with E-state index in [0.717, 1.165) is 21.9 Å². The van der Waals surface area contributed by atoms with Gasteiger partial charge in [0.25, 0.3) is 5.91 Å². The van der Waals surface area contributed by atoms with Gasteiger partial charge in [0, 0.05) is 32.6 Å². The number of nitrogens with zero attached hydrogens (tertiary/aromatic N) is 4. The number of aliphatic imine (C=N–C) groups is 2. The van der Waals surface area contributed by atoms with Gasteiger partial charge in [-0.25, -0.2) is 0 Å². The molecule has 1 fully saturated rings. The van der Waals surface area contributed by atoms with Crippen molar-refractivity contribution in [3.05, 3.63) is 77.9 Å². The van der Waals surface area contributed by atoms with Gasteiger partial charge in [-0.2, -0.15) is 0 Å². The van der Waals surface area contributed by atoms with Crippen molar-refractivity contribution in [2.24, 2.45) is 44.4 Å². The fourth-order valence-electron chi connectivity index (χ4n) is 7.77. The summed E-state index contributed by atoms with van der Waals surface area (Å²) in [6.07, 6.45) is 0.766. The van der Waals surface area contributed by atoms with Crippen LogP contribution in [-0.4, -0.2) is 120 Å². The molecular formula is C43H57N13O8. The molecule has 0 saturated carbocycles. The second kappa shape index (κ2) is 22.6. The predicted octanol–water partition coefficient (Wildman–Crippen LogP) is -1.91. The Morgan fingerprint density at radius 1 is 0.688 bits per heavy atom. The van der Waals surface area contributed by atoms with Crippen LogP contribution >= 0.6 is 0 Å². The molecule has 0 unspecified atom stereocenters. The minimum Gasteiger partial charge on any atom is -0.484 e. The summed E-state index contributed by atoms with van der Waals surface area (Å²) < 4.78 is 5.94. The zero-order valence-electron chi connectivity index (χ0n) is 35.4. The van der Waals surface area contributed by atoms with E-state index in [0.29, 0.717) is 12.2 Å². The molecule has 2 aliphatic heterocycles. The summed E-state index contributed by atoms with van der Waals surface area (Å²) in [5.74, 6) is -4.89. The Bertz CT molecular complexity index is 2260. The van der Waals surface area contributed by atoms with Crippen LogP contribution in [-0.2, 0) is 46.5 Å². The maximum absolute atomic E-state index is 14.5. The third-order valence-corrected chi connectivity index (χ3v) is 11.0. The second-order valence-electron chi connectivity index (χ2n) is 15.7. The van der Waals surface area contributed by atoms with Gasteiger partial charge in [-0.1, -0.05) is 54.6 Å². The molecule has 0 aromatic heterocycles. The van der Waals surface area contributed by atoms with E-state index < -0.39 is 78.0 Å². The largest absolute Gasteiger partial charge is 0.484 e. The minimum absolute atomic E-state index is 0.00637. The summed E-state index contributed by atoms with van der Waals surface area (Å²) in [5, 5.41) is 9.87. The number of ether oxygens (including phenoxy) is 1. The summed E-state index contributed by atoms with van der Waals surface area (Å²) in [5.41, 5.74) is 34.3. The van der Waals surface area contributed by atoms with Crippen LogP contribution in [0.15, 0.2) is 76.7 Å². The monoisotopic (exact) mass is 883 g/mol. The van der Waals surface area contributed by atoms with Crippen molar-refractivity contribution in [2.75, 3.05) is 26.2 Å². The normalized spacial score (nSPS) is 16.9. The Labute approximate surface area is 369 Å². The number of hydrogen-bond donors (Lipinski definition) is 9. The fraction of sp³-hybridized carbons (Fsp3) is 0.419.